The molecule has 2 aromatic heterocycles. The maximum Gasteiger partial charge on any atom is 0.253 e. The molecule has 2 rings (SSSR count). The first-order valence-electron chi connectivity index (χ1n) is 4.77. The summed E-state index contributed by atoms with van der Waals surface area (Å²) >= 11 is 0. The lowest BCUT2D eigenvalue weighted by Crippen LogP contribution is -2.17. The van der Waals surface area contributed by atoms with Crippen LogP contribution in [0, 0.1) is 6.92 Å². The highest BCUT2D eigenvalue weighted by molar-refractivity contribution is 6.06. The fraction of sp³-hybridized carbons (Fsp3) is 0.273. The van der Waals surface area contributed by atoms with Crippen LogP contribution in [0.1, 0.15) is 15.9 Å². The molecule has 1 amide bonds. The topological polar surface area (TPSA) is 46.9 Å². The number of aromatic nitrogens is 2. The van der Waals surface area contributed by atoms with Crippen molar-refractivity contribution in [1.29, 1.82) is 0 Å². The lowest BCUT2D eigenvalue weighted by atomic mass is 10.2. The molecule has 4 nitrogen and oxygen atoms in total. The molecule has 2 aromatic rings. The third kappa shape index (κ3) is 1.48. The Morgan fingerprint density at radius 2 is 2.27 bits per heavy atom. The summed E-state index contributed by atoms with van der Waals surface area (Å²) < 4.78 is 1.86. The van der Waals surface area contributed by atoms with Gasteiger partial charge in [0.1, 0.15) is 5.65 Å². The highest BCUT2D eigenvalue weighted by Gasteiger charge is 2.13. The number of carbonyl (C=O) groups excluding carboxylic acids is 1. The van der Waals surface area contributed by atoms with Crippen LogP contribution in [-0.2, 0) is 7.05 Å². The largest absolute Gasteiger partial charge is 0.355 e. The van der Waals surface area contributed by atoms with Gasteiger partial charge >= 0.3 is 0 Å². The number of nitrogens with zero attached hydrogens (tertiary/aromatic N) is 2. The SMILES string of the molecule is CNC(=O)c1cn(C)c2ncc(C)cc12. The number of aryl methyl sites for hydroxylation is 2. The molecule has 15 heavy (non-hydrogen) atoms. The van der Waals surface area contributed by atoms with Gasteiger partial charge in [-0.1, -0.05) is 0 Å². The summed E-state index contributed by atoms with van der Waals surface area (Å²) in [4.78, 5) is 15.9. The molecule has 0 unspecified atom stereocenters. The molecule has 0 aliphatic carbocycles. The van der Waals surface area contributed by atoms with E-state index in [0.29, 0.717) is 5.56 Å². The summed E-state index contributed by atoms with van der Waals surface area (Å²) in [7, 11) is 3.52. The van der Waals surface area contributed by atoms with Crippen molar-refractivity contribution in [3.63, 3.8) is 0 Å². The van der Waals surface area contributed by atoms with Gasteiger partial charge in [-0.15, -0.1) is 0 Å². The van der Waals surface area contributed by atoms with Crippen molar-refractivity contribution in [1.82, 2.24) is 14.9 Å². The number of hydrogen-bond acceptors (Lipinski definition) is 2. The van der Waals surface area contributed by atoms with Crippen LogP contribution < -0.4 is 5.32 Å². The number of nitrogens with one attached hydrogen (secondary N) is 1. The van der Waals surface area contributed by atoms with E-state index in [1.807, 2.05) is 24.6 Å². The average Bonchev–Trinajstić information content (AvgIpc) is 2.54. The molecule has 4 heteroatoms. The zero-order valence-corrected chi connectivity index (χ0v) is 9.03. The van der Waals surface area contributed by atoms with E-state index in [1.54, 1.807) is 19.4 Å². The molecule has 0 spiro atoms. The van der Waals surface area contributed by atoms with Gasteiger partial charge in [0.05, 0.1) is 5.56 Å². The van der Waals surface area contributed by atoms with E-state index in [1.165, 1.54) is 0 Å². The zero-order valence-electron chi connectivity index (χ0n) is 9.03. The molecule has 0 aliphatic heterocycles. The molecule has 0 atom stereocenters. The quantitative estimate of drug-likeness (QED) is 0.758. The fourth-order valence-corrected chi connectivity index (χ4v) is 1.68. The van der Waals surface area contributed by atoms with Gasteiger partial charge in [0.15, 0.2) is 0 Å². The Morgan fingerprint density at radius 3 is 2.93 bits per heavy atom. The number of amides is 1. The molecular formula is C11H13N3O. The Bertz CT molecular complexity index is 528. The van der Waals surface area contributed by atoms with Crippen LogP contribution in [0.15, 0.2) is 18.5 Å². The summed E-state index contributed by atoms with van der Waals surface area (Å²) in [6, 6.07) is 1.98. The number of fused-ring (bicyclic) bond motifs is 1. The summed E-state index contributed by atoms with van der Waals surface area (Å²) in [6.45, 7) is 1.97. The molecule has 2 heterocycles. The molecule has 0 bridgehead atoms. The number of rotatable bonds is 1. The lowest BCUT2D eigenvalue weighted by molar-refractivity contribution is 0.0964. The minimum Gasteiger partial charge on any atom is -0.355 e. The Balaban J connectivity index is 2.75. The van der Waals surface area contributed by atoms with Crippen LogP contribution in [0.2, 0.25) is 0 Å². The van der Waals surface area contributed by atoms with E-state index in [-0.39, 0.29) is 5.91 Å². The molecule has 0 saturated carbocycles. The first-order chi connectivity index (χ1) is 7.13. The Labute approximate surface area is 87.9 Å². The second-order valence-corrected chi connectivity index (χ2v) is 3.62. The normalized spacial score (nSPS) is 10.6. The van der Waals surface area contributed by atoms with Crippen LogP contribution >= 0.6 is 0 Å². The zero-order chi connectivity index (χ0) is 11.0. The summed E-state index contributed by atoms with van der Waals surface area (Å²) in [5.41, 5.74) is 2.56. The molecule has 0 radical (unpaired) electrons. The van der Waals surface area contributed by atoms with E-state index in [0.717, 1.165) is 16.6 Å². The molecular weight excluding hydrogens is 190 g/mol. The molecule has 0 saturated heterocycles. The Hall–Kier alpha value is -1.84. The van der Waals surface area contributed by atoms with Crippen LogP contribution in [0.5, 0.6) is 0 Å². The molecule has 0 fully saturated rings. The van der Waals surface area contributed by atoms with Gasteiger partial charge in [-0.2, -0.15) is 0 Å². The lowest BCUT2D eigenvalue weighted by Gasteiger charge is -1.97. The number of pyridine rings is 1. The summed E-state index contributed by atoms with van der Waals surface area (Å²) in [6.07, 6.45) is 3.60. The number of carbonyl (C=O) groups is 1. The minimum absolute atomic E-state index is 0.0759. The van der Waals surface area contributed by atoms with Gasteiger partial charge in [0.25, 0.3) is 5.91 Å². The summed E-state index contributed by atoms with van der Waals surface area (Å²) in [5, 5.41) is 3.53. The maximum absolute atomic E-state index is 11.6. The molecule has 0 aliphatic rings. The predicted molar refractivity (Wildman–Crippen MR) is 58.8 cm³/mol. The third-order valence-corrected chi connectivity index (χ3v) is 2.42. The average molecular weight is 203 g/mol. The van der Waals surface area contributed by atoms with Crippen molar-refractivity contribution in [2.24, 2.45) is 7.05 Å². The van der Waals surface area contributed by atoms with Crippen LogP contribution in [0.25, 0.3) is 11.0 Å². The van der Waals surface area contributed by atoms with Gasteiger partial charge in [0, 0.05) is 31.9 Å². The van der Waals surface area contributed by atoms with Crippen molar-refractivity contribution in [2.45, 2.75) is 6.92 Å². The molecule has 0 aromatic carbocycles. The van der Waals surface area contributed by atoms with Crippen molar-refractivity contribution >= 4 is 16.9 Å². The highest BCUT2D eigenvalue weighted by atomic mass is 16.1. The smallest absolute Gasteiger partial charge is 0.253 e. The first kappa shape index (κ1) is 9.71. The van der Waals surface area contributed by atoms with Crippen molar-refractivity contribution in [2.75, 3.05) is 7.05 Å². The Kier molecular flexibility index (Phi) is 2.19. The van der Waals surface area contributed by atoms with Gasteiger partial charge in [-0.25, -0.2) is 4.98 Å². The van der Waals surface area contributed by atoms with E-state index in [2.05, 4.69) is 10.3 Å². The van der Waals surface area contributed by atoms with Crippen molar-refractivity contribution < 1.29 is 4.79 Å². The van der Waals surface area contributed by atoms with Gasteiger partial charge in [-0.3, -0.25) is 4.79 Å². The van der Waals surface area contributed by atoms with Crippen LogP contribution in [0.4, 0.5) is 0 Å². The van der Waals surface area contributed by atoms with Gasteiger partial charge < -0.3 is 9.88 Å². The minimum atomic E-state index is -0.0759. The molecule has 1 N–H and O–H groups in total. The maximum atomic E-state index is 11.6. The predicted octanol–water partition coefficient (Wildman–Crippen LogP) is 1.24. The van der Waals surface area contributed by atoms with E-state index < -0.39 is 0 Å². The summed E-state index contributed by atoms with van der Waals surface area (Å²) in [5.74, 6) is -0.0759. The first-order valence-corrected chi connectivity index (χ1v) is 4.77. The van der Waals surface area contributed by atoms with E-state index in [4.69, 9.17) is 0 Å². The highest BCUT2D eigenvalue weighted by Crippen LogP contribution is 2.19. The Morgan fingerprint density at radius 1 is 1.53 bits per heavy atom. The second kappa shape index (κ2) is 3.38. The number of hydrogen-bond donors (Lipinski definition) is 1. The van der Waals surface area contributed by atoms with Crippen molar-refractivity contribution in [3.05, 3.63) is 29.6 Å². The third-order valence-electron chi connectivity index (χ3n) is 2.42. The van der Waals surface area contributed by atoms with Gasteiger partial charge in [0.2, 0.25) is 0 Å². The fourth-order valence-electron chi connectivity index (χ4n) is 1.68. The molecule has 78 valence electrons. The monoisotopic (exact) mass is 203 g/mol. The van der Waals surface area contributed by atoms with E-state index >= 15 is 0 Å². The standard InChI is InChI=1S/C11H13N3O/c1-7-4-8-9(11(15)12-2)6-14(3)10(8)13-5-7/h4-6H,1-3H3,(H,12,15). The van der Waals surface area contributed by atoms with Crippen LogP contribution in [-0.4, -0.2) is 22.5 Å². The van der Waals surface area contributed by atoms with Crippen LogP contribution in [0.3, 0.4) is 0 Å². The van der Waals surface area contributed by atoms with E-state index in [9.17, 15) is 4.79 Å². The second-order valence-electron chi connectivity index (χ2n) is 3.62. The van der Waals surface area contributed by atoms with Gasteiger partial charge in [-0.05, 0) is 18.6 Å². The van der Waals surface area contributed by atoms with Crippen molar-refractivity contribution in [3.8, 4) is 0 Å².